The number of rotatable bonds is 5. The number of aryl methyl sites for hydroxylation is 1. The number of amides is 2. The smallest absolute Gasteiger partial charge is 0.315 e. The third-order valence-corrected chi connectivity index (χ3v) is 5.38. The van der Waals surface area contributed by atoms with Gasteiger partial charge in [0.05, 0.1) is 0 Å². The van der Waals surface area contributed by atoms with Crippen molar-refractivity contribution in [1.82, 2.24) is 10.6 Å². The van der Waals surface area contributed by atoms with E-state index in [0.717, 1.165) is 24.2 Å². The van der Waals surface area contributed by atoms with Gasteiger partial charge in [-0.2, -0.15) is 11.8 Å². The maximum atomic E-state index is 13.2. The molecule has 1 fully saturated rings. The van der Waals surface area contributed by atoms with E-state index in [1.807, 2.05) is 11.8 Å². The average Bonchev–Trinajstić information content (AvgIpc) is 2.68. The number of nitrogens with zero attached hydrogens (tertiary/aromatic N) is 1. The lowest BCUT2D eigenvalue weighted by atomic mass is 10.1. The summed E-state index contributed by atoms with van der Waals surface area (Å²) in [6.45, 7) is 4.75. The van der Waals surface area contributed by atoms with Crippen LogP contribution in [-0.4, -0.2) is 30.6 Å². The Morgan fingerprint density at radius 1 is 1.04 bits per heavy atom. The van der Waals surface area contributed by atoms with Crippen molar-refractivity contribution in [2.24, 2.45) is 0 Å². The first kappa shape index (κ1) is 18.6. The molecule has 2 amide bonds. The fourth-order valence-corrected chi connectivity index (χ4v) is 3.79. The number of benzene rings is 2. The molecule has 3 rings (SSSR count). The van der Waals surface area contributed by atoms with Crippen molar-refractivity contribution in [3.8, 4) is 0 Å². The van der Waals surface area contributed by atoms with Crippen LogP contribution in [0.3, 0.4) is 0 Å². The topological polar surface area (TPSA) is 44.4 Å². The van der Waals surface area contributed by atoms with E-state index in [4.69, 9.17) is 0 Å². The zero-order valence-electron chi connectivity index (χ0n) is 14.9. The molecule has 0 saturated carbocycles. The van der Waals surface area contributed by atoms with E-state index in [-0.39, 0.29) is 11.8 Å². The van der Waals surface area contributed by atoms with Gasteiger partial charge in [0.15, 0.2) is 0 Å². The Bertz CT molecular complexity index is 745. The summed E-state index contributed by atoms with van der Waals surface area (Å²) in [6, 6.07) is 13.0. The van der Waals surface area contributed by atoms with E-state index in [2.05, 4.69) is 39.8 Å². The van der Waals surface area contributed by atoms with Gasteiger partial charge >= 0.3 is 6.03 Å². The maximum absolute atomic E-state index is 13.2. The fraction of sp³-hybridized carbons (Fsp3) is 0.350. The number of halogens is 1. The molecule has 2 aromatic carbocycles. The van der Waals surface area contributed by atoms with Crippen LogP contribution in [0.4, 0.5) is 14.9 Å². The van der Waals surface area contributed by atoms with Crippen molar-refractivity contribution in [1.29, 1.82) is 0 Å². The first-order chi connectivity index (χ1) is 12.6. The Balaban J connectivity index is 1.44. The molecule has 6 heteroatoms. The first-order valence-electron chi connectivity index (χ1n) is 8.80. The quantitative estimate of drug-likeness (QED) is 0.840. The predicted octanol–water partition coefficient (Wildman–Crippen LogP) is 3.69. The number of hydrogen-bond donors (Lipinski definition) is 2. The van der Waals surface area contributed by atoms with E-state index in [0.29, 0.717) is 18.7 Å². The first-order valence-corrected chi connectivity index (χ1v) is 9.95. The molecule has 2 aromatic rings. The largest absolute Gasteiger partial charge is 0.370 e. The zero-order valence-corrected chi connectivity index (χ0v) is 15.7. The lowest BCUT2D eigenvalue weighted by Gasteiger charge is -2.28. The van der Waals surface area contributed by atoms with Crippen molar-refractivity contribution in [2.45, 2.75) is 20.0 Å². The van der Waals surface area contributed by atoms with Crippen LogP contribution in [0, 0.1) is 12.7 Å². The van der Waals surface area contributed by atoms with Crippen LogP contribution in [0.2, 0.25) is 0 Å². The van der Waals surface area contributed by atoms with E-state index in [1.165, 1.54) is 23.3 Å². The molecule has 0 atom stereocenters. The van der Waals surface area contributed by atoms with E-state index in [1.54, 1.807) is 19.1 Å². The van der Waals surface area contributed by atoms with E-state index < -0.39 is 0 Å². The lowest BCUT2D eigenvalue weighted by Crippen LogP contribution is -2.34. The molecule has 1 saturated heterocycles. The van der Waals surface area contributed by atoms with Crippen LogP contribution in [0.5, 0.6) is 0 Å². The molecule has 0 radical (unpaired) electrons. The highest BCUT2D eigenvalue weighted by Gasteiger charge is 2.10. The molecular weight excluding hydrogens is 349 g/mol. The van der Waals surface area contributed by atoms with Gasteiger partial charge in [-0.05, 0) is 41.8 Å². The van der Waals surface area contributed by atoms with Gasteiger partial charge < -0.3 is 15.5 Å². The van der Waals surface area contributed by atoms with Crippen LogP contribution in [-0.2, 0) is 13.1 Å². The Hall–Kier alpha value is -2.21. The minimum absolute atomic E-state index is 0.232. The summed E-state index contributed by atoms with van der Waals surface area (Å²) in [5.41, 5.74) is 3.76. The number of carbonyl (C=O) groups is 1. The summed E-state index contributed by atoms with van der Waals surface area (Å²) in [7, 11) is 0. The van der Waals surface area contributed by atoms with Crippen LogP contribution >= 0.6 is 11.8 Å². The van der Waals surface area contributed by atoms with Crippen molar-refractivity contribution >= 4 is 23.5 Å². The van der Waals surface area contributed by atoms with Gasteiger partial charge in [-0.25, -0.2) is 9.18 Å². The predicted molar refractivity (Wildman–Crippen MR) is 106 cm³/mol. The SMILES string of the molecule is Cc1cc(CNC(=O)NCc2ccc(N3CCSCC3)cc2)ccc1F. The number of anilines is 1. The summed E-state index contributed by atoms with van der Waals surface area (Å²) < 4.78 is 13.2. The van der Waals surface area contributed by atoms with Gasteiger partial charge in [-0.3, -0.25) is 0 Å². The summed E-state index contributed by atoms with van der Waals surface area (Å²) in [6.07, 6.45) is 0. The molecule has 1 heterocycles. The molecule has 26 heavy (non-hydrogen) atoms. The molecule has 1 aliphatic rings. The van der Waals surface area contributed by atoms with Gasteiger partial charge in [0, 0.05) is 43.4 Å². The van der Waals surface area contributed by atoms with Gasteiger partial charge in [0.2, 0.25) is 0 Å². The maximum Gasteiger partial charge on any atom is 0.315 e. The highest BCUT2D eigenvalue weighted by atomic mass is 32.2. The molecule has 0 aromatic heterocycles. The van der Waals surface area contributed by atoms with Crippen molar-refractivity contribution in [3.63, 3.8) is 0 Å². The molecule has 2 N–H and O–H groups in total. The average molecular weight is 373 g/mol. The second kappa shape index (κ2) is 8.94. The summed E-state index contributed by atoms with van der Waals surface area (Å²) in [5, 5.41) is 5.65. The van der Waals surface area contributed by atoms with Crippen LogP contribution in [0.25, 0.3) is 0 Å². The van der Waals surface area contributed by atoms with Crippen LogP contribution in [0.1, 0.15) is 16.7 Å². The van der Waals surface area contributed by atoms with Gasteiger partial charge in [-0.15, -0.1) is 0 Å². The van der Waals surface area contributed by atoms with Crippen LogP contribution in [0.15, 0.2) is 42.5 Å². The molecule has 0 aliphatic carbocycles. The molecule has 0 spiro atoms. The van der Waals surface area contributed by atoms with Gasteiger partial charge in [0.1, 0.15) is 5.82 Å². The number of hydrogen-bond acceptors (Lipinski definition) is 3. The summed E-state index contributed by atoms with van der Waals surface area (Å²) in [5.74, 6) is 2.12. The highest BCUT2D eigenvalue weighted by molar-refractivity contribution is 7.99. The normalized spacial score (nSPS) is 14.2. The monoisotopic (exact) mass is 373 g/mol. The number of carbonyl (C=O) groups excluding carboxylic acids is 1. The summed E-state index contributed by atoms with van der Waals surface area (Å²) in [4.78, 5) is 14.3. The van der Waals surface area contributed by atoms with E-state index >= 15 is 0 Å². The van der Waals surface area contributed by atoms with E-state index in [9.17, 15) is 9.18 Å². The van der Waals surface area contributed by atoms with Crippen molar-refractivity contribution in [2.75, 3.05) is 29.5 Å². The van der Waals surface area contributed by atoms with Gasteiger partial charge in [-0.1, -0.05) is 24.3 Å². The minimum atomic E-state index is -0.232. The Kier molecular flexibility index (Phi) is 6.39. The fourth-order valence-electron chi connectivity index (χ4n) is 2.89. The number of thioether (sulfide) groups is 1. The molecule has 0 unspecified atom stereocenters. The number of urea groups is 1. The Morgan fingerprint density at radius 3 is 2.31 bits per heavy atom. The molecule has 0 bridgehead atoms. The molecular formula is C20H24FN3OS. The second-order valence-corrected chi connectivity index (χ2v) is 7.61. The van der Waals surface area contributed by atoms with Crippen molar-refractivity contribution in [3.05, 3.63) is 65.0 Å². The van der Waals surface area contributed by atoms with Crippen molar-refractivity contribution < 1.29 is 9.18 Å². The highest BCUT2D eigenvalue weighted by Crippen LogP contribution is 2.19. The Labute approximate surface area is 158 Å². The molecule has 4 nitrogen and oxygen atoms in total. The summed E-state index contributed by atoms with van der Waals surface area (Å²) >= 11 is 2.00. The third kappa shape index (κ3) is 5.14. The third-order valence-electron chi connectivity index (χ3n) is 4.44. The number of nitrogens with one attached hydrogen (secondary N) is 2. The van der Waals surface area contributed by atoms with Gasteiger partial charge in [0.25, 0.3) is 0 Å². The second-order valence-electron chi connectivity index (χ2n) is 6.39. The molecule has 1 aliphatic heterocycles. The van der Waals surface area contributed by atoms with Crippen LogP contribution < -0.4 is 15.5 Å². The minimum Gasteiger partial charge on any atom is -0.370 e. The zero-order chi connectivity index (χ0) is 18.4. The standard InChI is InChI=1S/C20H24FN3OS/c1-15-12-17(4-7-19(15)21)14-23-20(25)22-13-16-2-5-18(6-3-16)24-8-10-26-11-9-24/h2-7,12H,8-11,13-14H2,1H3,(H2,22,23,25). The lowest BCUT2D eigenvalue weighted by molar-refractivity contribution is 0.240. The molecule has 138 valence electrons. The Morgan fingerprint density at radius 2 is 1.65 bits per heavy atom.